The summed E-state index contributed by atoms with van der Waals surface area (Å²) in [6.45, 7) is 2.21. The molecule has 0 bridgehead atoms. The van der Waals surface area contributed by atoms with Crippen LogP contribution in [0.3, 0.4) is 0 Å². The van der Waals surface area contributed by atoms with Crippen LogP contribution in [0.5, 0.6) is 0 Å². The standard InChI is InChI=1S/C16H17Cl/c1-13(12-17)16(14-8-4-2-5-9-14)15-10-6-3-7-11-15/h2-11,13,16H,12H2,1H3/t13-/m1/s1. The number of benzene rings is 2. The van der Waals surface area contributed by atoms with Crippen molar-refractivity contribution < 1.29 is 0 Å². The minimum absolute atomic E-state index is 0.384. The highest BCUT2D eigenvalue weighted by atomic mass is 35.5. The van der Waals surface area contributed by atoms with E-state index in [4.69, 9.17) is 11.6 Å². The van der Waals surface area contributed by atoms with Gasteiger partial charge in [0.15, 0.2) is 0 Å². The molecular formula is C16H17Cl. The lowest BCUT2D eigenvalue weighted by molar-refractivity contribution is 0.570. The first-order chi connectivity index (χ1) is 8.33. The highest BCUT2D eigenvalue weighted by Crippen LogP contribution is 2.32. The van der Waals surface area contributed by atoms with Gasteiger partial charge in [0.2, 0.25) is 0 Å². The zero-order chi connectivity index (χ0) is 12.1. The minimum Gasteiger partial charge on any atom is -0.126 e. The van der Waals surface area contributed by atoms with Crippen LogP contribution in [0.1, 0.15) is 24.0 Å². The van der Waals surface area contributed by atoms with Gasteiger partial charge in [-0.25, -0.2) is 0 Å². The maximum Gasteiger partial charge on any atom is 0.0258 e. The summed E-state index contributed by atoms with van der Waals surface area (Å²) in [5.41, 5.74) is 2.68. The van der Waals surface area contributed by atoms with Gasteiger partial charge in [0.05, 0.1) is 0 Å². The second-order valence-electron chi connectivity index (χ2n) is 4.43. The molecule has 0 aromatic heterocycles. The molecule has 0 fully saturated rings. The first kappa shape index (κ1) is 12.2. The van der Waals surface area contributed by atoms with Crippen molar-refractivity contribution in [2.75, 3.05) is 5.88 Å². The third-order valence-electron chi connectivity index (χ3n) is 3.13. The molecule has 0 amide bonds. The Balaban J connectivity index is 2.39. The van der Waals surface area contributed by atoms with Crippen molar-refractivity contribution in [2.24, 2.45) is 5.92 Å². The Hall–Kier alpha value is -1.27. The van der Waals surface area contributed by atoms with Gasteiger partial charge in [0.1, 0.15) is 0 Å². The fraction of sp³-hybridized carbons (Fsp3) is 0.250. The number of rotatable bonds is 4. The van der Waals surface area contributed by atoms with Crippen molar-refractivity contribution in [2.45, 2.75) is 12.8 Å². The Labute approximate surface area is 108 Å². The van der Waals surface area contributed by atoms with E-state index in [0.29, 0.717) is 17.7 Å². The number of alkyl halides is 1. The van der Waals surface area contributed by atoms with Gasteiger partial charge in [-0.2, -0.15) is 0 Å². The Kier molecular flexibility index (Phi) is 4.22. The quantitative estimate of drug-likeness (QED) is 0.685. The van der Waals surface area contributed by atoms with Crippen LogP contribution in [0.4, 0.5) is 0 Å². The van der Waals surface area contributed by atoms with Crippen LogP contribution < -0.4 is 0 Å². The molecule has 0 aliphatic rings. The van der Waals surface area contributed by atoms with E-state index in [1.165, 1.54) is 11.1 Å². The second kappa shape index (κ2) is 5.88. The van der Waals surface area contributed by atoms with Crippen LogP contribution >= 0.6 is 11.6 Å². The summed E-state index contributed by atoms with van der Waals surface area (Å²) in [7, 11) is 0. The molecule has 0 nitrogen and oxygen atoms in total. The molecule has 2 aromatic rings. The van der Waals surface area contributed by atoms with E-state index in [9.17, 15) is 0 Å². The lowest BCUT2D eigenvalue weighted by atomic mass is 9.82. The molecule has 0 saturated carbocycles. The van der Waals surface area contributed by atoms with Crippen molar-refractivity contribution in [3.05, 3.63) is 71.8 Å². The Morgan fingerprint density at radius 1 is 0.824 bits per heavy atom. The van der Waals surface area contributed by atoms with Gasteiger partial charge in [-0.1, -0.05) is 67.6 Å². The van der Waals surface area contributed by atoms with E-state index < -0.39 is 0 Å². The summed E-state index contributed by atoms with van der Waals surface area (Å²) in [6.07, 6.45) is 0. The van der Waals surface area contributed by atoms with Crippen LogP contribution in [-0.2, 0) is 0 Å². The topological polar surface area (TPSA) is 0 Å². The zero-order valence-electron chi connectivity index (χ0n) is 10.0. The first-order valence-electron chi connectivity index (χ1n) is 5.98. The molecule has 17 heavy (non-hydrogen) atoms. The monoisotopic (exact) mass is 244 g/mol. The third kappa shape index (κ3) is 2.89. The van der Waals surface area contributed by atoms with Crippen LogP contribution in [0.15, 0.2) is 60.7 Å². The summed E-state index contributed by atoms with van der Waals surface area (Å²) in [5.74, 6) is 1.49. The lowest BCUT2D eigenvalue weighted by Crippen LogP contribution is -2.12. The molecule has 2 rings (SSSR count). The van der Waals surface area contributed by atoms with Crippen LogP contribution in [0, 0.1) is 5.92 Å². The van der Waals surface area contributed by atoms with E-state index in [1.807, 2.05) is 0 Å². The molecule has 0 N–H and O–H groups in total. The van der Waals surface area contributed by atoms with Crippen LogP contribution in [0.25, 0.3) is 0 Å². The van der Waals surface area contributed by atoms with Crippen molar-refractivity contribution in [1.82, 2.24) is 0 Å². The summed E-state index contributed by atoms with van der Waals surface area (Å²) >= 11 is 6.05. The molecule has 0 saturated heterocycles. The maximum atomic E-state index is 6.05. The molecule has 0 radical (unpaired) electrons. The molecule has 2 aromatic carbocycles. The predicted octanol–water partition coefficient (Wildman–Crippen LogP) is 4.69. The van der Waals surface area contributed by atoms with Gasteiger partial charge in [-0.15, -0.1) is 11.6 Å². The minimum atomic E-state index is 0.384. The number of hydrogen-bond donors (Lipinski definition) is 0. The summed E-state index contributed by atoms with van der Waals surface area (Å²) in [5, 5.41) is 0. The van der Waals surface area contributed by atoms with E-state index in [0.717, 1.165) is 0 Å². The maximum absolute atomic E-state index is 6.05. The number of halogens is 1. The molecule has 0 aliphatic carbocycles. The highest BCUT2D eigenvalue weighted by Gasteiger charge is 2.20. The fourth-order valence-electron chi connectivity index (χ4n) is 2.26. The average Bonchev–Trinajstić information content (AvgIpc) is 2.41. The highest BCUT2D eigenvalue weighted by molar-refractivity contribution is 6.18. The predicted molar refractivity (Wildman–Crippen MR) is 74.6 cm³/mol. The van der Waals surface area contributed by atoms with Gasteiger partial charge in [0, 0.05) is 11.8 Å². The van der Waals surface area contributed by atoms with Crippen molar-refractivity contribution in [3.8, 4) is 0 Å². The van der Waals surface area contributed by atoms with Crippen molar-refractivity contribution in [3.63, 3.8) is 0 Å². The molecule has 1 heteroatoms. The zero-order valence-corrected chi connectivity index (χ0v) is 10.8. The fourth-order valence-corrected chi connectivity index (χ4v) is 2.44. The van der Waals surface area contributed by atoms with Gasteiger partial charge < -0.3 is 0 Å². The first-order valence-corrected chi connectivity index (χ1v) is 6.52. The molecule has 0 spiro atoms. The van der Waals surface area contributed by atoms with Gasteiger partial charge in [-0.05, 0) is 17.0 Å². The van der Waals surface area contributed by atoms with Crippen molar-refractivity contribution in [1.29, 1.82) is 0 Å². The molecule has 0 heterocycles. The van der Waals surface area contributed by atoms with E-state index in [1.54, 1.807) is 0 Å². The molecule has 88 valence electrons. The summed E-state index contributed by atoms with van der Waals surface area (Å²) < 4.78 is 0. The Bertz CT molecular complexity index is 396. The average molecular weight is 245 g/mol. The van der Waals surface area contributed by atoms with Crippen LogP contribution in [0.2, 0.25) is 0 Å². The van der Waals surface area contributed by atoms with E-state index in [2.05, 4.69) is 67.6 Å². The largest absolute Gasteiger partial charge is 0.126 e. The van der Waals surface area contributed by atoms with Crippen LogP contribution in [-0.4, -0.2) is 5.88 Å². The molecule has 0 unspecified atom stereocenters. The molecule has 1 atom stereocenters. The third-order valence-corrected chi connectivity index (χ3v) is 3.62. The lowest BCUT2D eigenvalue weighted by Gasteiger charge is -2.23. The number of hydrogen-bond acceptors (Lipinski definition) is 0. The molecule has 0 aliphatic heterocycles. The van der Waals surface area contributed by atoms with E-state index >= 15 is 0 Å². The Morgan fingerprint density at radius 3 is 1.59 bits per heavy atom. The summed E-state index contributed by atoms with van der Waals surface area (Å²) in [6, 6.07) is 21.2. The molecular weight excluding hydrogens is 228 g/mol. The van der Waals surface area contributed by atoms with Gasteiger partial charge in [-0.3, -0.25) is 0 Å². The normalized spacial score (nSPS) is 12.6. The van der Waals surface area contributed by atoms with E-state index in [-0.39, 0.29) is 0 Å². The Morgan fingerprint density at radius 2 is 1.24 bits per heavy atom. The smallest absolute Gasteiger partial charge is 0.0258 e. The van der Waals surface area contributed by atoms with Gasteiger partial charge >= 0.3 is 0 Å². The van der Waals surface area contributed by atoms with Gasteiger partial charge in [0.25, 0.3) is 0 Å². The van der Waals surface area contributed by atoms with Crippen molar-refractivity contribution >= 4 is 11.6 Å². The SMILES string of the molecule is C[C@H](CCl)C(c1ccccc1)c1ccccc1. The second-order valence-corrected chi connectivity index (χ2v) is 4.74. The summed E-state index contributed by atoms with van der Waals surface area (Å²) in [4.78, 5) is 0.